The zero-order valence-corrected chi connectivity index (χ0v) is 9.87. The molecule has 0 aliphatic rings. The molecular formula is C8H7ClFNO5S. The number of nitrogens with zero attached hydrogens (tertiary/aromatic N) is 1. The second kappa shape index (κ2) is 5.28. The highest BCUT2D eigenvalue weighted by Gasteiger charge is 2.19. The average molecular weight is 284 g/mol. The van der Waals surface area contributed by atoms with Crippen LogP contribution in [0.1, 0.15) is 0 Å². The lowest BCUT2D eigenvalue weighted by Crippen LogP contribution is -2.10. The quantitative estimate of drug-likeness (QED) is 0.466. The van der Waals surface area contributed by atoms with Crippen molar-refractivity contribution < 1.29 is 22.5 Å². The lowest BCUT2D eigenvalue weighted by atomic mass is 10.3. The molecule has 0 radical (unpaired) electrons. The van der Waals surface area contributed by atoms with Crippen LogP contribution in [0.4, 0.5) is 10.1 Å². The summed E-state index contributed by atoms with van der Waals surface area (Å²) in [5.41, 5.74) is -0.572. The van der Waals surface area contributed by atoms with E-state index in [0.29, 0.717) is 0 Å². The van der Waals surface area contributed by atoms with Crippen LogP contribution in [0.25, 0.3) is 0 Å². The summed E-state index contributed by atoms with van der Waals surface area (Å²) in [4.78, 5) is 9.72. The van der Waals surface area contributed by atoms with Crippen molar-refractivity contribution in [3.8, 4) is 5.75 Å². The lowest BCUT2D eigenvalue weighted by Gasteiger charge is -2.06. The maximum Gasteiger partial charge on any atom is 0.314 e. The Morgan fingerprint density at radius 3 is 2.65 bits per heavy atom. The van der Waals surface area contributed by atoms with Gasteiger partial charge in [0.15, 0.2) is 5.82 Å². The first-order chi connectivity index (χ1) is 7.81. The smallest absolute Gasteiger partial charge is 0.314 e. The van der Waals surface area contributed by atoms with Gasteiger partial charge in [-0.25, -0.2) is 12.8 Å². The molecule has 0 atom stereocenters. The minimum Gasteiger partial charge on any atom is -0.484 e. The molecule has 0 aliphatic heterocycles. The number of benzene rings is 1. The van der Waals surface area contributed by atoms with Gasteiger partial charge < -0.3 is 4.74 Å². The maximum atomic E-state index is 13.2. The Kier molecular flexibility index (Phi) is 4.24. The van der Waals surface area contributed by atoms with E-state index in [1.54, 1.807) is 0 Å². The fourth-order valence-corrected chi connectivity index (χ4v) is 1.50. The lowest BCUT2D eigenvalue weighted by molar-refractivity contribution is -0.386. The molecule has 1 rings (SSSR count). The second-order valence-corrected chi connectivity index (χ2v) is 5.83. The molecule has 0 aliphatic carbocycles. The van der Waals surface area contributed by atoms with Gasteiger partial charge in [-0.05, 0) is 6.07 Å². The Bertz CT molecular complexity index is 533. The normalized spacial score (nSPS) is 11.2. The monoisotopic (exact) mass is 283 g/mol. The zero-order chi connectivity index (χ0) is 13.1. The molecule has 0 spiro atoms. The summed E-state index contributed by atoms with van der Waals surface area (Å²) >= 11 is 0. The molecule has 1 aromatic carbocycles. The minimum atomic E-state index is -3.79. The molecule has 0 unspecified atom stereocenters. The fourth-order valence-electron chi connectivity index (χ4n) is 1.03. The molecule has 0 heterocycles. The first-order valence-electron chi connectivity index (χ1n) is 4.29. The summed E-state index contributed by atoms with van der Waals surface area (Å²) in [6, 6.07) is 3.17. The van der Waals surface area contributed by atoms with E-state index in [-0.39, 0.29) is 0 Å². The number of rotatable bonds is 5. The van der Waals surface area contributed by atoms with Crippen LogP contribution in [-0.2, 0) is 9.05 Å². The Morgan fingerprint density at radius 1 is 1.47 bits per heavy atom. The topological polar surface area (TPSA) is 86.5 Å². The number of hydrogen-bond acceptors (Lipinski definition) is 5. The highest BCUT2D eigenvalue weighted by Crippen LogP contribution is 2.29. The van der Waals surface area contributed by atoms with Crippen molar-refractivity contribution >= 4 is 25.4 Å². The van der Waals surface area contributed by atoms with E-state index in [0.717, 1.165) is 18.2 Å². The van der Waals surface area contributed by atoms with Crippen LogP contribution >= 0.6 is 10.7 Å². The van der Waals surface area contributed by atoms with Crippen LogP contribution in [0, 0.1) is 15.9 Å². The van der Waals surface area contributed by atoms with E-state index >= 15 is 0 Å². The highest BCUT2D eigenvalue weighted by atomic mass is 35.7. The molecule has 1 aromatic rings. The van der Waals surface area contributed by atoms with E-state index in [9.17, 15) is 22.9 Å². The van der Waals surface area contributed by atoms with Crippen molar-refractivity contribution in [2.75, 3.05) is 12.4 Å². The minimum absolute atomic E-state index is 0.465. The molecule has 0 N–H and O–H groups in total. The van der Waals surface area contributed by atoms with Crippen molar-refractivity contribution in [2.24, 2.45) is 0 Å². The number of ether oxygens (including phenoxy) is 1. The Hall–Kier alpha value is -1.41. The van der Waals surface area contributed by atoms with Gasteiger partial charge in [0.2, 0.25) is 14.8 Å². The summed E-state index contributed by atoms with van der Waals surface area (Å²) in [6.45, 7) is -0.465. The third kappa shape index (κ3) is 4.16. The third-order valence-electron chi connectivity index (χ3n) is 1.72. The predicted octanol–water partition coefficient (Wildman–Crippen LogP) is 1.68. The first kappa shape index (κ1) is 13.7. The van der Waals surface area contributed by atoms with E-state index in [2.05, 4.69) is 0 Å². The van der Waals surface area contributed by atoms with Gasteiger partial charge in [-0.2, -0.15) is 0 Å². The molecule has 0 saturated carbocycles. The van der Waals surface area contributed by atoms with Gasteiger partial charge in [0.25, 0.3) is 0 Å². The van der Waals surface area contributed by atoms with Crippen LogP contribution in [0.2, 0.25) is 0 Å². The predicted molar refractivity (Wildman–Crippen MR) is 58.2 cm³/mol. The van der Waals surface area contributed by atoms with Crippen LogP contribution in [0.3, 0.4) is 0 Å². The van der Waals surface area contributed by atoms with E-state index in [4.69, 9.17) is 15.4 Å². The zero-order valence-electron chi connectivity index (χ0n) is 8.30. The Morgan fingerprint density at radius 2 is 2.12 bits per heavy atom. The van der Waals surface area contributed by atoms with E-state index in [1.165, 1.54) is 0 Å². The maximum absolute atomic E-state index is 13.2. The highest BCUT2D eigenvalue weighted by molar-refractivity contribution is 8.13. The number of nitro benzene ring substituents is 1. The molecule has 6 nitrogen and oxygen atoms in total. The van der Waals surface area contributed by atoms with Crippen molar-refractivity contribution in [1.82, 2.24) is 0 Å². The van der Waals surface area contributed by atoms with E-state index < -0.39 is 43.6 Å². The van der Waals surface area contributed by atoms with E-state index in [1.807, 2.05) is 0 Å². The molecule has 9 heteroatoms. The SMILES string of the molecule is O=[N+]([O-])c1cccc(F)c1OCCS(=O)(=O)Cl. The average Bonchev–Trinajstić information content (AvgIpc) is 2.18. The summed E-state index contributed by atoms with van der Waals surface area (Å²) in [7, 11) is 1.12. The molecule has 0 aromatic heterocycles. The summed E-state index contributed by atoms with van der Waals surface area (Å²) < 4.78 is 39.1. The van der Waals surface area contributed by atoms with Gasteiger partial charge in [-0.15, -0.1) is 0 Å². The van der Waals surface area contributed by atoms with Gasteiger partial charge in [0, 0.05) is 16.7 Å². The number of halogens is 2. The summed E-state index contributed by atoms with van der Waals surface area (Å²) in [6.07, 6.45) is 0. The van der Waals surface area contributed by atoms with Crippen LogP contribution in [-0.4, -0.2) is 25.7 Å². The van der Waals surface area contributed by atoms with Gasteiger partial charge in [0.1, 0.15) is 6.61 Å². The Labute approximate surface area is 101 Å². The first-order valence-corrected chi connectivity index (χ1v) is 6.77. The second-order valence-electron chi connectivity index (χ2n) is 2.94. The van der Waals surface area contributed by atoms with Crippen molar-refractivity contribution in [1.29, 1.82) is 0 Å². The van der Waals surface area contributed by atoms with Crippen LogP contribution in [0.15, 0.2) is 18.2 Å². The van der Waals surface area contributed by atoms with Crippen molar-refractivity contribution in [2.45, 2.75) is 0 Å². The van der Waals surface area contributed by atoms with Crippen LogP contribution < -0.4 is 4.74 Å². The van der Waals surface area contributed by atoms with Crippen LogP contribution in [0.5, 0.6) is 5.75 Å². The standard InChI is InChI=1S/C8H7ClFNO5S/c9-17(14,15)5-4-16-8-6(10)2-1-3-7(8)11(12)13/h1-3H,4-5H2. The largest absolute Gasteiger partial charge is 0.484 e. The summed E-state index contributed by atoms with van der Waals surface area (Å²) in [5, 5.41) is 10.5. The Balaban J connectivity index is 2.86. The molecule has 0 bridgehead atoms. The molecular weight excluding hydrogens is 277 g/mol. The third-order valence-corrected chi connectivity index (χ3v) is 2.83. The molecule has 17 heavy (non-hydrogen) atoms. The molecule has 0 saturated heterocycles. The van der Waals surface area contributed by atoms with Crippen molar-refractivity contribution in [3.05, 3.63) is 34.1 Å². The van der Waals surface area contributed by atoms with Crippen molar-refractivity contribution in [3.63, 3.8) is 0 Å². The number of hydrogen-bond donors (Lipinski definition) is 0. The fraction of sp³-hybridized carbons (Fsp3) is 0.250. The van der Waals surface area contributed by atoms with Gasteiger partial charge in [-0.3, -0.25) is 10.1 Å². The summed E-state index contributed by atoms with van der Waals surface area (Å²) in [5.74, 6) is -2.11. The number of nitro groups is 1. The van der Waals surface area contributed by atoms with Gasteiger partial charge in [0.05, 0.1) is 10.7 Å². The van der Waals surface area contributed by atoms with Gasteiger partial charge in [-0.1, -0.05) is 6.07 Å². The molecule has 94 valence electrons. The van der Waals surface area contributed by atoms with Gasteiger partial charge >= 0.3 is 5.69 Å². The molecule has 0 fully saturated rings. The molecule has 0 amide bonds. The number of para-hydroxylation sites is 1.